The van der Waals surface area contributed by atoms with E-state index in [0.717, 1.165) is 29.5 Å². The third-order valence-electron chi connectivity index (χ3n) is 6.97. The van der Waals surface area contributed by atoms with Gasteiger partial charge in [-0.3, -0.25) is 14.4 Å². The molecule has 1 N–H and O–H groups in total. The topological polar surface area (TPSA) is 97.3 Å². The van der Waals surface area contributed by atoms with E-state index in [0.29, 0.717) is 31.1 Å². The molecule has 194 valence electrons. The van der Waals surface area contributed by atoms with Gasteiger partial charge in [0.2, 0.25) is 11.8 Å². The molecule has 0 aromatic heterocycles. The lowest BCUT2D eigenvalue weighted by Gasteiger charge is -2.22. The normalized spacial score (nSPS) is 20.3. The molecule has 37 heavy (non-hydrogen) atoms. The lowest BCUT2D eigenvalue weighted by Crippen LogP contribution is -2.44. The smallest absolute Gasteiger partial charge is 0.387 e. The van der Waals surface area contributed by atoms with E-state index in [4.69, 9.17) is 4.74 Å². The maximum atomic E-state index is 13.1. The first-order valence-electron chi connectivity index (χ1n) is 12.3. The first kappa shape index (κ1) is 24.9. The second-order valence-corrected chi connectivity index (χ2v) is 9.66. The van der Waals surface area contributed by atoms with Crippen LogP contribution in [0.25, 0.3) is 0 Å². The van der Waals surface area contributed by atoms with Crippen LogP contribution in [0, 0.1) is 5.92 Å². The molecule has 2 atom stereocenters. The van der Waals surface area contributed by atoms with Crippen LogP contribution in [0.1, 0.15) is 59.2 Å². The van der Waals surface area contributed by atoms with Crippen LogP contribution in [0.4, 0.5) is 8.78 Å². The molecule has 1 saturated carbocycles. The Balaban J connectivity index is 1.28. The van der Waals surface area contributed by atoms with Crippen molar-refractivity contribution >= 4 is 23.9 Å². The molecule has 5 rings (SSSR count). The molecule has 2 heterocycles. The highest BCUT2D eigenvalue weighted by Crippen LogP contribution is 2.39. The van der Waals surface area contributed by atoms with E-state index >= 15 is 0 Å². The van der Waals surface area contributed by atoms with Crippen LogP contribution in [0.2, 0.25) is 0 Å². The number of fused-ring (bicyclic) bond motifs is 1. The van der Waals surface area contributed by atoms with Gasteiger partial charge in [0.15, 0.2) is 11.5 Å². The molecule has 3 aliphatic rings. The van der Waals surface area contributed by atoms with E-state index in [-0.39, 0.29) is 41.7 Å². The van der Waals surface area contributed by atoms with E-state index in [2.05, 4.69) is 15.0 Å². The molecule has 10 heteroatoms. The van der Waals surface area contributed by atoms with Crippen LogP contribution in [-0.4, -0.2) is 54.6 Å². The van der Waals surface area contributed by atoms with Gasteiger partial charge >= 0.3 is 6.61 Å². The van der Waals surface area contributed by atoms with Crippen LogP contribution in [0.15, 0.2) is 41.4 Å². The highest BCUT2D eigenvalue weighted by atomic mass is 19.3. The largest absolute Gasteiger partial charge is 0.489 e. The fraction of sp³-hybridized carbons (Fsp3) is 0.407. The number of hydrogen-bond acceptors (Lipinski definition) is 5. The number of likely N-dealkylation sites (tertiary alicyclic amines) is 1. The number of hydrogen-bond donors (Lipinski definition) is 1. The highest BCUT2D eigenvalue weighted by molar-refractivity contribution is 6.12. The highest BCUT2D eigenvalue weighted by Gasteiger charge is 2.39. The fourth-order valence-electron chi connectivity index (χ4n) is 4.77. The minimum atomic E-state index is -2.97. The van der Waals surface area contributed by atoms with Gasteiger partial charge in [0.25, 0.3) is 5.91 Å². The van der Waals surface area contributed by atoms with Gasteiger partial charge in [-0.25, -0.2) is 4.99 Å². The molecule has 2 aromatic rings. The summed E-state index contributed by atoms with van der Waals surface area (Å²) in [7, 11) is 0. The van der Waals surface area contributed by atoms with Crippen molar-refractivity contribution in [1.82, 2.24) is 10.2 Å². The summed E-state index contributed by atoms with van der Waals surface area (Å²) in [6.07, 6.45) is 3.98. The predicted octanol–water partition coefficient (Wildman–Crippen LogP) is 3.67. The molecule has 2 fully saturated rings. The fourth-order valence-corrected chi connectivity index (χ4v) is 4.77. The number of ether oxygens (including phenoxy) is 2. The van der Waals surface area contributed by atoms with Crippen LogP contribution in [0.5, 0.6) is 11.5 Å². The summed E-state index contributed by atoms with van der Waals surface area (Å²) < 4.78 is 36.2. The minimum Gasteiger partial charge on any atom is -0.489 e. The number of rotatable bonds is 9. The van der Waals surface area contributed by atoms with Gasteiger partial charge < -0.3 is 19.7 Å². The molecule has 0 spiro atoms. The Morgan fingerprint density at radius 1 is 1.16 bits per heavy atom. The molecule has 8 nitrogen and oxygen atoms in total. The van der Waals surface area contributed by atoms with Crippen molar-refractivity contribution in [2.45, 2.75) is 51.3 Å². The van der Waals surface area contributed by atoms with Crippen molar-refractivity contribution in [3.05, 3.63) is 58.7 Å². The average Bonchev–Trinajstić information content (AvgIpc) is 3.47. The molecular weight excluding hydrogens is 484 g/mol. The Bertz CT molecular complexity index is 1260. The van der Waals surface area contributed by atoms with E-state index < -0.39 is 12.7 Å². The van der Waals surface area contributed by atoms with E-state index in [9.17, 15) is 23.2 Å². The second kappa shape index (κ2) is 10.3. The van der Waals surface area contributed by atoms with Crippen LogP contribution < -0.4 is 14.8 Å². The monoisotopic (exact) mass is 511 g/mol. The zero-order valence-electron chi connectivity index (χ0n) is 20.3. The summed E-state index contributed by atoms with van der Waals surface area (Å²) in [5.41, 5.74) is 2.77. The molecule has 2 aliphatic heterocycles. The standard InChI is InChI=1S/C27H27F2N3O5/c1-15(33)32-13-20(18-6-7-23(37-27(28)29)24(10-18)36-14-16-2-3-16)9-22(32)26(35)30-11-17-4-5-19-12-31-25(34)21(19)8-17/h4-8,10,12,16,20,22,27H,2-3,9,11,13-14H2,1H3,(H,30,35)/t20?,22-/m1/s1. The molecular formula is C27H27F2N3O5. The average molecular weight is 512 g/mol. The Labute approximate surface area is 212 Å². The zero-order valence-corrected chi connectivity index (χ0v) is 20.3. The predicted molar refractivity (Wildman–Crippen MR) is 130 cm³/mol. The number of alkyl halides is 2. The van der Waals surface area contributed by atoms with Gasteiger partial charge in [0.1, 0.15) is 6.04 Å². The summed E-state index contributed by atoms with van der Waals surface area (Å²) in [6, 6.07) is 9.42. The van der Waals surface area contributed by atoms with Crippen molar-refractivity contribution in [2.75, 3.05) is 13.2 Å². The number of aliphatic imine (C=N–C) groups is 1. The first-order chi connectivity index (χ1) is 17.8. The minimum absolute atomic E-state index is 0.0339. The summed E-state index contributed by atoms with van der Waals surface area (Å²) >= 11 is 0. The molecule has 2 aromatic carbocycles. The molecule has 0 radical (unpaired) electrons. The number of nitrogens with zero attached hydrogens (tertiary/aromatic N) is 2. The van der Waals surface area contributed by atoms with E-state index in [1.807, 2.05) is 6.07 Å². The van der Waals surface area contributed by atoms with Gasteiger partial charge in [-0.15, -0.1) is 0 Å². The van der Waals surface area contributed by atoms with Crippen LogP contribution >= 0.6 is 0 Å². The zero-order chi connectivity index (χ0) is 26.1. The Morgan fingerprint density at radius 2 is 1.97 bits per heavy atom. The van der Waals surface area contributed by atoms with Crippen molar-refractivity contribution in [3.8, 4) is 11.5 Å². The van der Waals surface area contributed by atoms with E-state index in [1.54, 1.807) is 24.3 Å². The van der Waals surface area contributed by atoms with Gasteiger partial charge in [0.05, 0.1) is 12.2 Å². The lowest BCUT2D eigenvalue weighted by molar-refractivity contribution is -0.136. The summed E-state index contributed by atoms with van der Waals surface area (Å²) in [5.74, 6) is -0.398. The Hall–Kier alpha value is -3.82. The van der Waals surface area contributed by atoms with Crippen LogP contribution in [-0.2, 0) is 16.1 Å². The van der Waals surface area contributed by atoms with Crippen molar-refractivity contribution < 1.29 is 32.6 Å². The van der Waals surface area contributed by atoms with Gasteiger partial charge in [-0.2, -0.15) is 8.78 Å². The number of carbonyl (C=O) groups excluding carboxylic acids is 3. The SMILES string of the molecule is CC(=O)N1CC(c2ccc(OC(F)F)c(OCC3CC3)c2)C[C@@H]1C(=O)NCc1ccc2c(c1)C(=O)N=C2. The van der Waals surface area contributed by atoms with Crippen molar-refractivity contribution in [1.29, 1.82) is 0 Å². The summed E-state index contributed by atoms with van der Waals surface area (Å²) in [6.45, 7) is -0.615. The van der Waals surface area contributed by atoms with Crippen molar-refractivity contribution in [3.63, 3.8) is 0 Å². The quantitative estimate of drug-likeness (QED) is 0.554. The van der Waals surface area contributed by atoms with Crippen molar-refractivity contribution in [2.24, 2.45) is 10.9 Å². The number of nitrogens with one attached hydrogen (secondary N) is 1. The number of carbonyl (C=O) groups is 3. The molecule has 1 aliphatic carbocycles. The molecule has 3 amide bonds. The summed E-state index contributed by atoms with van der Waals surface area (Å²) in [4.78, 5) is 42.6. The van der Waals surface area contributed by atoms with E-state index in [1.165, 1.54) is 24.1 Å². The van der Waals surface area contributed by atoms with Gasteiger partial charge in [-0.05, 0) is 54.5 Å². The third-order valence-corrected chi connectivity index (χ3v) is 6.97. The molecule has 1 saturated heterocycles. The van der Waals surface area contributed by atoms with Crippen LogP contribution in [0.3, 0.4) is 0 Å². The lowest BCUT2D eigenvalue weighted by atomic mass is 9.95. The third kappa shape index (κ3) is 5.63. The Kier molecular flexibility index (Phi) is 6.90. The number of amides is 3. The number of benzene rings is 2. The molecule has 0 bridgehead atoms. The number of halogens is 2. The first-order valence-corrected chi connectivity index (χ1v) is 12.3. The van der Waals surface area contributed by atoms with Gasteiger partial charge in [-0.1, -0.05) is 18.2 Å². The Morgan fingerprint density at radius 3 is 2.70 bits per heavy atom. The molecule has 1 unspecified atom stereocenters. The summed E-state index contributed by atoms with van der Waals surface area (Å²) in [5, 5.41) is 2.87. The maximum absolute atomic E-state index is 13.1. The van der Waals surface area contributed by atoms with Gasteiger partial charge in [0, 0.05) is 37.7 Å². The second-order valence-electron chi connectivity index (χ2n) is 9.66. The maximum Gasteiger partial charge on any atom is 0.387 e.